The van der Waals surface area contributed by atoms with E-state index in [1.54, 1.807) is 35.2 Å². The van der Waals surface area contributed by atoms with Crippen LogP contribution in [-0.4, -0.2) is 15.8 Å². The Labute approximate surface area is 228 Å². The van der Waals surface area contributed by atoms with Crippen molar-refractivity contribution in [3.05, 3.63) is 146 Å². The smallest absolute Gasteiger partial charge is 0.269 e. The molecular formula is C30H21N3O5S. The van der Waals surface area contributed by atoms with E-state index in [4.69, 9.17) is 0 Å². The van der Waals surface area contributed by atoms with E-state index in [2.05, 4.69) is 0 Å². The number of nitro groups is 2. The molecule has 8 nitrogen and oxygen atoms in total. The monoisotopic (exact) mass is 535 g/mol. The summed E-state index contributed by atoms with van der Waals surface area (Å²) in [5.74, 6) is -0.209. The Morgan fingerprint density at radius 2 is 1.23 bits per heavy atom. The minimum Gasteiger partial charge on any atom is -0.276 e. The van der Waals surface area contributed by atoms with Crippen molar-refractivity contribution in [3.63, 3.8) is 0 Å². The zero-order valence-corrected chi connectivity index (χ0v) is 21.5. The van der Waals surface area contributed by atoms with Gasteiger partial charge in [0.15, 0.2) is 0 Å². The van der Waals surface area contributed by atoms with Crippen LogP contribution in [0.4, 0.5) is 17.1 Å². The lowest BCUT2D eigenvalue weighted by atomic mass is 10.1. The molecule has 0 radical (unpaired) electrons. The average Bonchev–Trinajstić information content (AvgIpc) is 3.25. The average molecular weight is 536 g/mol. The number of carbonyl (C=O) groups excluding carboxylic acids is 1. The van der Waals surface area contributed by atoms with Crippen LogP contribution in [0, 0.1) is 27.2 Å². The van der Waals surface area contributed by atoms with Crippen LogP contribution in [0.3, 0.4) is 0 Å². The summed E-state index contributed by atoms with van der Waals surface area (Å²) >= 11 is 1.46. The van der Waals surface area contributed by atoms with Gasteiger partial charge in [-0.2, -0.15) is 0 Å². The number of non-ortho nitro benzene ring substituents is 2. The van der Waals surface area contributed by atoms with Gasteiger partial charge in [-0.15, -0.1) is 0 Å². The van der Waals surface area contributed by atoms with Gasteiger partial charge in [0.1, 0.15) is 0 Å². The fourth-order valence-electron chi connectivity index (χ4n) is 4.12. The van der Waals surface area contributed by atoms with Gasteiger partial charge in [0.2, 0.25) is 0 Å². The van der Waals surface area contributed by atoms with E-state index in [-0.39, 0.29) is 17.3 Å². The molecule has 5 rings (SSSR count). The van der Waals surface area contributed by atoms with E-state index in [1.807, 2.05) is 61.5 Å². The van der Waals surface area contributed by atoms with Gasteiger partial charge >= 0.3 is 0 Å². The lowest BCUT2D eigenvalue weighted by molar-refractivity contribution is -0.385. The Bertz CT molecular complexity index is 1630. The third kappa shape index (κ3) is 5.63. The molecule has 1 aliphatic heterocycles. The maximum absolute atomic E-state index is 13.6. The molecule has 0 fully saturated rings. The Balaban J connectivity index is 1.45. The molecule has 192 valence electrons. The van der Waals surface area contributed by atoms with Crippen LogP contribution >= 0.6 is 11.8 Å². The number of nitrogens with zero attached hydrogens (tertiary/aromatic N) is 3. The summed E-state index contributed by atoms with van der Waals surface area (Å²) in [6.45, 7) is 2.00. The van der Waals surface area contributed by atoms with Gasteiger partial charge in [-0.3, -0.25) is 29.9 Å². The van der Waals surface area contributed by atoms with Crippen molar-refractivity contribution in [1.29, 1.82) is 0 Å². The molecule has 0 bridgehead atoms. The first-order valence-electron chi connectivity index (χ1n) is 11.9. The van der Waals surface area contributed by atoms with Crippen molar-refractivity contribution >= 4 is 46.5 Å². The molecule has 0 saturated heterocycles. The number of hydrogen-bond acceptors (Lipinski definition) is 6. The Kier molecular flexibility index (Phi) is 7.07. The fourth-order valence-corrected chi connectivity index (χ4v) is 4.93. The number of hydrogen-bond donors (Lipinski definition) is 0. The summed E-state index contributed by atoms with van der Waals surface area (Å²) in [6.07, 6.45) is 3.55. The van der Waals surface area contributed by atoms with Gasteiger partial charge in [-0.05, 0) is 78.7 Å². The first-order chi connectivity index (χ1) is 18.8. The second-order valence-corrected chi connectivity index (χ2v) is 9.98. The van der Waals surface area contributed by atoms with Crippen LogP contribution in [0.1, 0.15) is 16.7 Å². The summed E-state index contributed by atoms with van der Waals surface area (Å²) in [6, 6.07) is 27.8. The summed E-state index contributed by atoms with van der Waals surface area (Å²) in [4.78, 5) is 38.1. The Morgan fingerprint density at radius 3 is 1.77 bits per heavy atom. The van der Waals surface area contributed by atoms with Gasteiger partial charge in [-0.25, -0.2) is 0 Å². The molecule has 0 N–H and O–H groups in total. The van der Waals surface area contributed by atoms with Crippen molar-refractivity contribution in [1.82, 2.24) is 0 Å². The van der Waals surface area contributed by atoms with Crippen LogP contribution in [0.15, 0.2) is 119 Å². The molecule has 4 aromatic rings. The first kappa shape index (κ1) is 25.6. The Hall–Kier alpha value is -5.02. The minimum atomic E-state index is -0.460. The highest BCUT2D eigenvalue weighted by Crippen LogP contribution is 2.37. The van der Waals surface area contributed by atoms with Crippen LogP contribution in [0.5, 0.6) is 0 Å². The number of benzene rings is 4. The third-order valence-electron chi connectivity index (χ3n) is 6.13. The lowest BCUT2D eigenvalue weighted by Crippen LogP contribution is -2.24. The van der Waals surface area contributed by atoms with Crippen molar-refractivity contribution < 1.29 is 14.6 Å². The quantitative estimate of drug-likeness (QED) is 0.138. The summed E-state index contributed by atoms with van der Waals surface area (Å²) in [5.41, 5.74) is 4.56. The number of anilines is 1. The molecule has 0 aromatic heterocycles. The molecule has 1 aliphatic rings. The molecule has 0 spiro atoms. The molecule has 4 aromatic carbocycles. The highest BCUT2D eigenvalue weighted by molar-refractivity contribution is 7.99. The van der Waals surface area contributed by atoms with Crippen LogP contribution < -0.4 is 4.90 Å². The zero-order valence-electron chi connectivity index (χ0n) is 20.7. The van der Waals surface area contributed by atoms with Crippen LogP contribution in [0.2, 0.25) is 0 Å². The molecule has 0 saturated carbocycles. The second-order valence-electron chi connectivity index (χ2n) is 8.83. The number of nitro benzene ring substituents is 2. The summed E-state index contributed by atoms with van der Waals surface area (Å²) in [5, 5.41) is 21.9. The number of amides is 1. The zero-order chi connectivity index (χ0) is 27.5. The number of carbonyl (C=O) groups is 1. The minimum absolute atomic E-state index is 0.0147. The number of aryl methyl sites for hydroxylation is 1. The van der Waals surface area contributed by atoms with Gasteiger partial charge in [0.25, 0.3) is 17.3 Å². The normalized spacial score (nSPS) is 14.0. The maximum atomic E-state index is 13.6. The lowest BCUT2D eigenvalue weighted by Gasteiger charge is -2.21. The highest BCUT2D eigenvalue weighted by Gasteiger charge is 2.30. The van der Waals surface area contributed by atoms with E-state index in [0.717, 1.165) is 26.6 Å². The predicted molar refractivity (Wildman–Crippen MR) is 151 cm³/mol. The molecular weight excluding hydrogens is 514 g/mol. The van der Waals surface area contributed by atoms with Crippen molar-refractivity contribution in [3.8, 4) is 0 Å². The van der Waals surface area contributed by atoms with Gasteiger partial charge < -0.3 is 0 Å². The molecule has 0 unspecified atom stereocenters. The highest BCUT2D eigenvalue weighted by atomic mass is 32.2. The Morgan fingerprint density at radius 1 is 0.718 bits per heavy atom. The van der Waals surface area contributed by atoms with Crippen molar-refractivity contribution in [2.24, 2.45) is 0 Å². The van der Waals surface area contributed by atoms with Gasteiger partial charge in [0, 0.05) is 45.3 Å². The SMILES string of the molecule is Cc1ccc(C2=C/C(=C\c3ccc([N+](=O)[O-])cc3)C(=O)N2c2ccc(Sc3ccc([N+](=O)[O-])cc3)cc2)cc1. The molecule has 39 heavy (non-hydrogen) atoms. The van der Waals surface area contributed by atoms with E-state index >= 15 is 0 Å². The largest absolute Gasteiger partial charge is 0.276 e. The molecule has 0 atom stereocenters. The van der Waals surface area contributed by atoms with Crippen molar-refractivity contribution in [2.45, 2.75) is 16.7 Å². The van der Waals surface area contributed by atoms with Gasteiger partial charge in [-0.1, -0.05) is 41.6 Å². The van der Waals surface area contributed by atoms with Gasteiger partial charge in [0.05, 0.1) is 15.5 Å². The van der Waals surface area contributed by atoms with Crippen LogP contribution in [0.25, 0.3) is 11.8 Å². The third-order valence-corrected chi connectivity index (χ3v) is 7.15. The van der Waals surface area contributed by atoms with Crippen molar-refractivity contribution in [2.75, 3.05) is 4.90 Å². The fraction of sp³-hybridized carbons (Fsp3) is 0.0333. The maximum Gasteiger partial charge on any atom is 0.269 e. The molecule has 0 aliphatic carbocycles. The first-order valence-corrected chi connectivity index (χ1v) is 12.7. The van der Waals surface area contributed by atoms with E-state index in [1.165, 1.54) is 36.0 Å². The number of rotatable bonds is 7. The predicted octanol–water partition coefficient (Wildman–Crippen LogP) is 7.43. The van der Waals surface area contributed by atoms with E-state index < -0.39 is 9.85 Å². The topological polar surface area (TPSA) is 107 Å². The second kappa shape index (κ2) is 10.8. The standard InChI is InChI=1S/C30H21N3O5S/c1-20-2-6-22(7-3-20)29-19-23(18-21-4-8-25(9-5-21)32(35)36)30(34)31(29)24-10-14-27(15-11-24)39-28-16-12-26(13-17-28)33(37)38/h2-19H,1H3/b23-18+. The molecule has 1 heterocycles. The molecule has 1 amide bonds. The molecule has 9 heteroatoms. The van der Waals surface area contributed by atoms with E-state index in [0.29, 0.717) is 16.8 Å². The summed E-state index contributed by atoms with van der Waals surface area (Å²) in [7, 11) is 0. The van der Waals surface area contributed by atoms with E-state index in [9.17, 15) is 25.0 Å². The summed E-state index contributed by atoms with van der Waals surface area (Å²) < 4.78 is 0. The van der Waals surface area contributed by atoms with Crippen LogP contribution in [-0.2, 0) is 4.79 Å².